The Bertz CT molecular complexity index is 1010. The predicted molar refractivity (Wildman–Crippen MR) is 129 cm³/mol. The number of morpholine rings is 1. The molecular weight excluding hydrogens is 510 g/mol. The number of imide groups is 1. The van der Waals surface area contributed by atoms with Crippen molar-refractivity contribution in [2.24, 2.45) is 0 Å². The van der Waals surface area contributed by atoms with Gasteiger partial charge in [0.25, 0.3) is 5.91 Å². The van der Waals surface area contributed by atoms with Gasteiger partial charge in [-0.2, -0.15) is 0 Å². The highest BCUT2D eigenvalue weighted by Gasteiger charge is 2.44. The number of benzene rings is 2. The summed E-state index contributed by atoms with van der Waals surface area (Å²) in [7, 11) is 0. The Balaban J connectivity index is 1.53. The second-order valence-electron chi connectivity index (χ2n) is 8.11. The summed E-state index contributed by atoms with van der Waals surface area (Å²) >= 11 is 9.34. The van der Waals surface area contributed by atoms with Crippen molar-refractivity contribution in [2.75, 3.05) is 44.3 Å². The molecule has 2 fully saturated rings. The predicted octanol–water partition coefficient (Wildman–Crippen LogP) is 3.14. The Labute approximate surface area is 206 Å². The zero-order chi connectivity index (χ0) is 23.4. The molecule has 0 radical (unpaired) electrons. The van der Waals surface area contributed by atoms with E-state index in [2.05, 4.69) is 20.8 Å². The topological polar surface area (TPSA) is 70.2 Å². The third-order valence-electron chi connectivity index (χ3n) is 5.93. The van der Waals surface area contributed by atoms with Gasteiger partial charge in [-0.05, 0) is 42.0 Å². The van der Waals surface area contributed by atoms with Crippen molar-refractivity contribution < 1.29 is 19.1 Å². The van der Waals surface area contributed by atoms with Gasteiger partial charge in [0.15, 0.2) is 0 Å². The van der Waals surface area contributed by atoms with Crippen LogP contribution in [-0.2, 0) is 25.5 Å². The average molecular weight is 535 g/mol. The molecule has 0 spiro atoms. The summed E-state index contributed by atoms with van der Waals surface area (Å²) in [6, 6.07) is 13.3. The first-order valence-corrected chi connectivity index (χ1v) is 12.1. The summed E-state index contributed by atoms with van der Waals surface area (Å²) in [5.41, 5.74) is 1.32. The molecule has 1 atom stereocenters. The normalized spacial score (nSPS) is 19.2. The SMILES string of the molecule is O=C1CC(N(CCN2CCOCC2)C(=O)Cc2ccc(Cl)cc2)C(=O)N1c1ccc(Br)cc1. The first kappa shape index (κ1) is 23.9. The lowest BCUT2D eigenvalue weighted by molar-refractivity contribution is -0.138. The van der Waals surface area contributed by atoms with Crippen molar-refractivity contribution >= 4 is 50.9 Å². The molecular formula is C24H25BrClN3O4. The number of ether oxygens (including phenoxy) is 1. The Kier molecular flexibility index (Phi) is 7.80. The highest BCUT2D eigenvalue weighted by molar-refractivity contribution is 9.10. The van der Waals surface area contributed by atoms with Crippen molar-refractivity contribution in [3.8, 4) is 0 Å². The van der Waals surface area contributed by atoms with E-state index in [4.69, 9.17) is 16.3 Å². The molecule has 0 aromatic heterocycles. The van der Waals surface area contributed by atoms with E-state index in [1.807, 2.05) is 0 Å². The summed E-state index contributed by atoms with van der Waals surface area (Å²) in [4.78, 5) is 44.5. The molecule has 9 heteroatoms. The van der Waals surface area contributed by atoms with Crippen LogP contribution in [0.1, 0.15) is 12.0 Å². The number of amides is 3. The molecule has 0 saturated carbocycles. The lowest BCUT2D eigenvalue weighted by Crippen LogP contribution is -2.50. The van der Waals surface area contributed by atoms with Gasteiger partial charge in [-0.25, -0.2) is 4.90 Å². The van der Waals surface area contributed by atoms with E-state index in [0.717, 1.165) is 23.1 Å². The minimum atomic E-state index is -0.818. The Hall–Kier alpha value is -2.26. The van der Waals surface area contributed by atoms with Gasteiger partial charge >= 0.3 is 0 Å². The molecule has 0 bridgehead atoms. The molecule has 1 unspecified atom stereocenters. The quantitative estimate of drug-likeness (QED) is 0.511. The minimum absolute atomic E-state index is 0.0234. The van der Waals surface area contributed by atoms with Crippen LogP contribution >= 0.6 is 27.5 Å². The Morgan fingerprint density at radius 3 is 2.39 bits per heavy atom. The standard InChI is InChI=1S/C24H25BrClN3O4/c25-18-3-7-20(8-4-18)29-23(31)16-21(24(29)32)28(10-9-27-11-13-33-14-12-27)22(30)15-17-1-5-19(26)6-2-17/h1-8,21H,9-16H2. The monoisotopic (exact) mass is 533 g/mol. The fourth-order valence-corrected chi connectivity index (χ4v) is 4.52. The van der Waals surface area contributed by atoms with Crippen molar-refractivity contribution in [1.29, 1.82) is 0 Å². The summed E-state index contributed by atoms with van der Waals surface area (Å²) in [5.74, 6) is -0.855. The van der Waals surface area contributed by atoms with E-state index in [9.17, 15) is 14.4 Å². The maximum absolute atomic E-state index is 13.4. The van der Waals surface area contributed by atoms with Gasteiger partial charge in [-0.3, -0.25) is 19.3 Å². The van der Waals surface area contributed by atoms with Gasteiger partial charge in [-0.1, -0.05) is 39.7 Å². The van der Waals surface area contributed by atoms with Crippen molar-refractivity contribution in [3.05, 3.63) is 63.6 Å². The minimum Gasteiger partial charge on any atom is -0.379 e. The number of hydrogen-bond donors (Lipinski definition) is 0. The van der Waals surface area contributed by atoms with E-state index in [1.165, 1.54) is 4.90 Å². The lowest BCUT2D eigenvalue weighted by Gasteiger charge is -2.32. The Morgan fingerprint density at radius 2 is 1.73 bits per heavy atom. The summed E-state index contributed by atoms with van der Waals surface area (Å²) < 4.78 is 6.26. The van der Waals surface area contributed by atoms with Gasteiger partial charge in [0.05, 0.1) is 31.7 Å². The zero-order valence-corrected chi connectivity index (χ0v) is 20.4. The third kappa shape index (κ3) is 5.81. The smallest absolute Gasteiger partial charge is 0.257 e. The molecule has 174 valence electrons. The molecule has 0 aliphatic carbocycles. The molecule has 3 amide bonds. The number of nitrogens with zero attached hydrogens (tertiary/aromatic N) is 3. The lowest BCUT2D eigenvalue weighted by atomic mass is 10.1. The number of halogens is 2. The fourth-order valence-electron chi connectivity index (χ4n) is 4.13. The molecule has 2 aliphatic heterocycles. The van der Waals surface area contributed by atoms with Crippen LogP contribution in [0, 0.1) is 0 Å². The van der Waals surface area contributed by atoms with E-state index in [-0.39, 0.29) is 30.6 Å². The van der Waals surface area contributed by atoms with Crippen LogP contribution in [-0.4, -0.2) is 73.0 Å². The van der Waals surface area contributed by atoms with Gasteiger partial charge in [0.2, 0.25) is 11.8 Å². The second kappa shape index (κ2) is 10.8. The van der Waals surface area contributed by atoms with E-state index < -0.39 is 6.04 Å². The van der Waals surface area contributed by atoms with Crippen molar-refractivity contribution in [3.63, 3.8) is 0 Å². The van der Waals surface area contributed by atoms with Crippen molar-refractivity contribution in [2.45, 2.75) is 18.9 Å². The van der Waals surface area contributed by atoms with E-state index in [0.29, 0.717) is 37.0 Å². The molecule has 4 rings (SSSR count). The number of carbonyl (C=O) groups excluding carboxylic acids is 3. The average Bonchev–Trinajstić information content (AvgIpc) is 3.10. The largest absolute Gasteiger partial charge is 0.379 e. The fraction of sp³-hybridized carbons (Fsp3) is 0.375. The number of carbonyl (C=O) groups is 3. The van der Waals surface area contributed by atoms with Gasteiger partial charge in [0.1, 0.15) is 6.04 Å². The first-order chi connectivity index (χ1) is 15.9. The van der Waals surface area contributed by atoms with E-state index >= 15 is 0 Å². The summed E-state index contributed by atoms with van der Waals surface area (Å²) in [5, 5.41) is 0.595. The summed E-state index contributed by atoms with van der Waals surface area (Å²) in [6.45, 7) is 3.84. The molecule has 2 saturated heterocycles. The van der Waals surface area contributed by atoms with Crippen molar-refractivity contribution in [1.82, 2.24) is 9.80 Å². The molecule has 7 nitrogen and oxygen atoms in total. The van der Waals surface area contributed by atoms with Gasteiger partial charge in [0, 0.05) is 35.7 Å². The van der Waals surface area contributed by atoms with Crippen LogP contribution in [0.4, 0.5) is 5.69 Å². The maximum Gasteiger partial charge on any atom is 0.257 e. The molecule has 2 aromatic rings. The Morgan fingerprint density at radius 1 is 1.06 bits per heavy atom. The number of rotatable bonds is 7. The van der Waals surface area contributed by atoms with Crippen LogP contribution in [0.5, 0.6) is 0 Å². The highest BCUT2D eigenvalue weighted by atomic mass is 79.9. The molecule has 2 heterocycles. The maximum atomic E-state index is 13.4. The van der Waals surface area contributed by atoms with E-state index in [1.54, 1.807) is 53.4 Å². The highest BCUT2D eigenvalue weighted by Crippen LogP contribution is 2.27. The van der Waals surface area contributed by atoms with Crippen LogP contribution in [0.25, 0.3) is 0 Å². The van der Waals surface area contributed by atoms with Crippen LogP contribution in [0.2, 0.25) is 5.02 Å². The van der Waals surface area contributed by atoms with Crippen LogP contribution < -0.4 is 4.90 Å². The van der Waals surface area contributed by atoms with Crippen LogP contribution in [0.15, 0.2) is 53.0 Å². The third-order valence-corrected chi connectivity index (χ3v) is 6.71. The molecule has 0 N–H and O–H groups in total. The zero-order valence-electron chi connectivity index (χ0n) is 18.1. The first-order valence-electron chi connectivity index (χ1n) is 10.9. The van der Waals surface area contributed by atoms with Gasteiger partial charge in [-0.15, -0.1) is 0 Å². The molecule has 2 aliphatic rings. The molecule has 2 aromatic carbocycles. The second-order valence-corrected chi connectivity index (χ2v) is 9.46. The molecule has 33 heavy (non-hydrogen) atoms. The number of anilines is 1. The van der Waals surface area contributed by atoms with Gasteiger partial charge < -0.3 is 9.64 Å². The number of hydrogen-bond acceptors (Lipinski definition) is 5. The van der Waals surface area contributed by atoms with Crippen LogP contribution in [0.3, 0.4) is 0 Å². The summed E-state index contributed by atoms with van der Waals surface area (Å²) in [6.07, 6.45) is 0.112.